The van der Waals surface area contributed by atoms with Gasteiger partial charge in [0, 0.05) is 10.9 Å². The summed E-state index contributed by atoms with van der Waals surface area (Å²) >= 11 is 0. The minimum atomic E-state index is 0.421. The first-order valence-corrected chi connectivity index (χ1v) is 9.34. The van der Waals surface area contributed by atoms with Crippen molar-refractivity contribution in [2.75, 3.05) is 0 Å². The summed E-state index contributed by atoms with van der Waals surface area (Å²) in [5.41, 5.74) is 4.03. The molecular weight excluding hydrogens is 364 g/mol. The predicted octanol–water partition coefficient (Wildman–Crippen LogP) is 4.71. The number of para-hydroxylation sites is 1. The smallest absolute Gasteiger partial charge is 0.237 e. The van der Waals surface area contributed by atoms with Crippen molar-refractivity contribution in [2.45, 2.75) is 13.2 Å². The number of benzene rings is 3. The van der Waals surface area contributed by atoms with E-state index in [0.717, 1.165) is 33.5 Å². The summed E-state index contributed by atoms with van der Waals surface area (Å²) in [7, 11) is 0. The maximum absolute atomic E-state index is 5.99. The molecule has 29 heavy (non-hydrogen) atoms. The molecule has 0 unspecified atom stereocenters. The zero-order chi connectivity index (χ0) is 19.5. The molecule has 0 atom stereocenters. The predicted molar refractivity (Wildman–Crippen MR) is 109 cm³/mol. The maximum atomic E-state index is 5.99. The Kier molecular flexibility index (Phi) is 4.50. The fraction of sp³-hybridized carbons (Fsp3) is 0.0870. The highest BCUT2D eigenvalue weighted by Crippen LogP contribution is 2.30. The molecule has 0 aliphatic carbocycles. The van der Waals surface area contributed by atoms with Crippen LogP contribution >= 0.6 is 0 Å². The van der Waals surface area contributed by atoms with Crippen molar-refractivity contribution in [2.24, 2.45) is 0 Å². The van der Waals surface area contributed by atoms with Gasteiger partial charge in [-0.15, -0.1) is 10.2 Å². The molecule has 2 heterocycles. The van der Waals surface area contributed by atoms with E-state index in [1.54, 1.807) is 0 Å². The van der Waals surface area contributed by atoms with E-state index in [-0.39, 0.29) is 0 Å². The molecule has 3 aromatic carbocycles. The Hall–Kier alpha value is -3.93. The second-order valence-corrected chi connectivity index (χ2v) is 6.66. The number of ether oxygens (including phenoxy) is 1. The van der Waals surface area contributed by atoms with E-state index in [0.29, 0.717) is 19.0 Å². The molecule has 5 rings (SSSR count). The highest BCUT2D eigenvalue weighted by atomic mass is 16.5. The van der Waals surface area contributed by atoms with Gasteiger partial charge in [-0.1, -0.05) is 60.7 Å². The number of rotatable bonds is 6. The van der Waals surface area contributed by atoms with E-state index in [4.69, 9.17) is 14.3 Å². The molecule has 0 bridgehead atoms. The van der Waals surface area contributed by atoms with E-state index in [1.165, 1.54) is 6.39 Å². The lowest BCUT2D eigenvalue weighted by Crippen LogP contribution is -2.02. The Labute approximate surface area is 167 Å². The standard InChI is InChI=1S/C23H18N4O2/c1-2-7-17(8-3-1)15-28-19-10-6-9-18(13-19)23-20-11-4-5-12-21(20)27(26-23)14-22-25-24-16-29-22/h1-13,16H,14-15H2. The number of hydrogen-bond acceptors (Lipinski definition) is 5. The summed E-state index contributed by atoms with van der Waals surface area (Å²) < 4.78 is 13.2. The van der Waals surface area contributed by atoms with E-state index >= 15 is 0 Å². The SMILES string of the molecule is c1ccc(COc2cccc(-c3nn(Cc4nnco4)c4ccccc34)c2)cc1. The van der Waals surface area contributed by atoms with Gasteiger partial charge < -0.3 is 9.15 Å². The molecule has 5 aromatic rings. The third kappa shape index (κ3) is 3.60. The Morgan fingerprint density at radius 3 is 2.62 bits per heavy atom. The summed E-state index contributed by atoms with van der Waals surface area (Å²) in [5, 5.41) is 13.6. The average molecular weight is 382 g/mol. The lowest BCUT2D eigenvalue weighted by Gasteiger charge is -2.07. The largest absolute Gasteiger partial charge is 0.489 e. The monoisotopic (exact) mass is 382 g/mol. The van der Waals surface area contributed by atoms with Crippen LogP contribution in [-0.2, 0) is 13.2 Å². The van der Waals surface area contributed by atoms with Gasteiger partial charge >= 0.3 is 0 Å². The Bertz CT molecular complexity index is 1230. The van der Waals surface area contributed by atoms with Gasteiger partial charge in [-0.05, 0) is 23.8 Å². The van der Waals surface area contributed by atoms with Gasteiger partial charge in [0.2, 0.25) is 12.3 Å². The van der Waals surface area contributed by atoms with Crippen molar-refractivity contribution in [3.8, 4) is 17.0 Å². The van der Waals surface area contributed by atoms with Crippen LogP contribution in [0.4, 0.5) is 0 Å². The van der Waals surface area contributed by atoms with Gasteiger partial charge in [-0.25, -0.2) is 0 Å². The van der Waals surface area contributed by atoms with Crippen molar-refractivity contribution >= 4 is 10.9 Å². The van der Waals surface area contributed by atoms with E-state index < -0.39 is 0 Å². The van der Waals surface area contributed by atoms with Crippen molar-refractivity contribution in [3.05, 3.63) is 96.7 Å². The molecule has 2 aromatic heterocycles. The van der Waals surface area contributed by atoms with Crippen LogP contribution in [0.3, 0.4) is 0 Å². The summed E-state index contributed by atoms with van der Waals surface area (Å²) in [5.74, 6) is 1.33. The fourth-order valence-corrected chi connectivity index (χ4v) is 3.33. The maximum Gasteiger partial charge on any atom is 0.237 e. The Morgan fingerprint density at radius 2 is 1.76 bits per heavy atom. The number of aromatic nitrogens is 4. The Balaban J connectivity index is 1.47. The van der Waals surface area contributed by atoms with Crippen LogP contribution in [0.15, 0.2) is 89.7 Å². The first kappa shape index (κ1) is 17.2. The number of nitrogens with zero attached hydrogens (tertiary/aromatic N) is 4. The molecule has 6 heteroatoms. The summed E-state index contributed by atoms with van der Waals surface area (Å²) in [4.78, 5) is 0. The third-order valence-corrected chi connectivity index (χ3v) is 4.70. The summed E-state index contributed by atoms with van der Waals surface area (Å²) in [6.07, 6.45) is 1.33. The molecule has 0 radical (unpaired) electrons. The summed E-state index contributed by atoms with van der Waals surface area (Å²) in [6.45, 7) is 0.946. The molecule has 0 saturated heterocycles. The van der Waals surface area contributed by atoms with Gasteiger partial charge in [0.15, 0.2) is 0 Å². The van der Waals surface area contributed by atoms with Gasteiger partial charge in [0.1, 0.15) is 24.6 Å². The molecule has 6 nitrogen and oxygen atoms in total. The molecule has 0 aliphatic heterocycles. The normalized spacial score (nSPS) is 11.0. The van der Waals surface area contributed by atoms with Crippen molar-refractivity contribution in [3.63, 3.8) is 0 Å². The molecule has 0 spiro atoms. The molecule has 0 fully saturated rings. The number of hydrogen-bond donors (Lipinski definition) is 0. The van der Waals surface area contributed by atoms with Crippen LogP contribution in [-0.4, -0.2) is 20.0 Å². The Morgan fingerprint density at radius 1 is 0.897 bits per heavy atom. The average Bonchev–Trinajstić information content (AvgIpc) is 3.42. The quantitative estimate of drug-likeness (QED) is 0.425. The third-order valence-electron chi connectivity index (χ3n) is 4.70. The molecule has 142 valence electrons. The first-order valence-electron chi connectivity index (χ1n) is 9.34. The minimum Gasteiger partial charge on any atom is -0.489 e. The lowest BCUT2D eigenvalue weighted by molar-refractivity contribution is 0.306. The molecule has 0 amide bonds. The topological polar surface area (TPSA) is 66.0 Å². The highest BCUT2D eigenvalue weighted by Gasteiger charge is 2.14. The molecular formula is C23H18N4O2. The van der Waals surface area contributed by atoms with E-state index in [1.807, 2.05) is 65.3 Å². The fourth-order valence-electron chi connectivity index (χ4n) is 3.33. The zero-order valence-electron chi connectivity index (χ0n) is 15.6. The van der Waals surface area contributed by atoms with Crippen molar-refractivity contribution < 1.29 is 9.15 Å². The first-order chi connectivity index (χ1) is 14.4. The van der Waals surface area contributed by atoms with Crippen LogP contribution in [0.5, 0.6) is 5.75 Å². The number of fused-ring (bicyclic) bond motifs is 1. The van der Waals surface area contributed by atoms with Crippen molar-refractivity contribution in [1.29, 1.82) is 0 Å². The zero-order valence-corrected chi connectivity index (χ0v) is 15.6. The van der Waals surface area contributed by atoms with E-state index in [9.17, 15) is 0 Å². The van der Waals surface area contributed by atoms with Crippen LogP contribution in [0, 0.1) is 0 Å². The molecule has 0 saturated carbocycles. The van der Waals surface area contributed by atoms with Crippen LogP contribution in [0.1, 0.15) is 11.5 Å². The van der Waals surface area contributed by atoms with Gasteiger partial charge in [0.05, 0.1) is 5.52 Å². The summed E-state index contributed by atoms with van der Waals surface area (Å²) in [6, 6.07) is 26.3. The second kappa shape index (κ2) is 7.59. The van der Waals surface area contributed by atoms with Gasteiger partial charge in [-0.3, -0.25) is 4.68 Å². The minimum absolute atomic E-state index is 0.421. The molecule has 0 N–H and O–H groups in total. The highest BCUT2D eigenvalue weighted by molar-refractivity contribution is 5.93. The van der Waals surface area contributed by atoms with Crippen LogP contribution in [0.25, 0.3) is 22.2 Å². The molecule has 0 aliphatic rings. The van der Waals surface area contributed by atoms with E-state index in [2.05, 4.69) is 28.4 Å². The van der Waals surface area contributed by atoms with Gasteiger partial charge in [-0.2, -0.15) is 5.10 Å². The second-order valence-electron chi connectivity index (χ2n) is 6.66. The van der Waals surface area contributed by atoms with Crippen LogP contribution in [0.2, 0.25) is 0 Å². The van der Waals surface area contributed by atoms with Crippen LogP contribution < -0.4 is 4.74 Å². The van der Waals surface area contributed by atoms with Crippen molar-refractivity contribution in [1.82, 2.24) is 20.0 Å². The van der Waals surface area contributed by atoms with Gasteiger partial charge in [0.25, 0.3) is 0 Å². The lowest BCUT2D eigenvalue weighted by atomic mass is 10.1.